The molecule has 1 aliphatic heterocycles. The van der Waals surface area contributed by atoms with Crippen molar-refractivity contribution in [1.82, 2.24) is 9.55 Å². The van der Waals surface area contributed by atoms with E-state index in [1.807, 2.05) is 24.3 Å². The predicted molar refractivity (Wildman–Crippen MR) is 106 cm³/mol. The van der Waals surface area contributed by atoms with Crippen molar-refractivity contribution < 1.29 is 4.74 Å². The van der Waals surface area contributed by atoms with Crippen LogP contribution in [0.15, 0.2) is 53.1 Å². The van der Waals surface area contributed by atoms with Crippen molar-refractivity contribution in [1.29, 1.82) is 0 Å². The van der Waals surface area contributed by atoms with Gasteiger partial charge < -0.3 is 9.30 Å². The van der Waals surface area contributed by atoms with Crippen molar-refractivity contribution in [3.8, 4) is 11.3 Å². The lowest BCUT2D eigenvalue weighted by molar-refractivity contribution is 0.0968. The first-order valence-electron chi connectivity index (χ1n) is 8.41. The molecule has 134 valence electrons. The largest absolute Gasteiger partial charge is 0.376 e. The summed E-state index contributed by atoms with van der Waals surface area (Å²) >= 11 is 14.2. The minimum atomic E-state index is 0.189. The summed E-state index contributed by atoms with van der Waals surface area (Å²) in [4.78, 5) is 9.80. The average molecular weight is 406 g/mol. The second kappa shape index (κ2) is 7.92. The number of pyridine rings is 1. The molecule has 0 saturated carbocycles. The Balaban J connectivity index is 1.83. The van der Waals surface area contributed by atoms with Gasteiger partial charge in [-0.3, -0.25) is 4.98 Å². The van der Waals surface area contributed by atoms with Crippen molar-refractivity contribution in [2.45, 2.75) is 25.5 Å². The highest BCUT2D eigenvalue weighted by molar-refractivity contribution is 7.07. The van der Waals surface area contributed by atoms with Crippen LogP contribution >= 0.6 is 34.5 Å². The third-order valence-corrected chi connectivity index (χ3v) is 5.71. The molecule has 3 heterocycles. The van der Waals surface area contributed by atoms with E-state index in [0.29, 0.717) is 10.0 Å². The van der Waals surface area contributed by atoms with E-state index < -0.39 is 0 Å². The van der Waals surface area contributed by atoms with Gasteiger partial charge in [0.25, 0.3) is 0 Å². The summed E-state index contributed by atoms with van der Waals surface area (Å²) in [6.45, 7) is 1.55. The average Bonchev–Trinajstić information content (AvgIpc) is 3.29. The Bertz CT molecular complexity index is 962. The molecule has 0 spiro atoms. The Morgan fingerprint density at radius 3 is 3.00 bits per heavy atom. The molecule has 1 saturated heterocycles. The number of aromatic nitrogens is 2. The smallest absolute Gasteiger partial charge is 0.190 e. The minimum absolute atomic E-state index is 0.189. The van der Waals surface area contributed by atoms with Crippen molar-refractivity contribution in [2.75, 3.05) is 6.61 Å². The fourth-order valence-electron chi connectivity index (χ4n) is 3.03. The molecule has 3 aromatic rings. The molecule has 0 amide bonds. The summed E-state index contributed by atoms with van der Waals surface area (Å²) in [5, 5.41) is 3.40. The molecule has 4 nitrogen and oxygen atoms in total. The number of thiazole rings is 1. The SMILES string of the molecule is Clc1ccc(Cl)c(-c2csc(=Nc3cccnc3)n2CC2CCCO2)c1. The van der Waals surface area contributed by atoms with Gasteiger partial charge in [0.1, 0.15) is 0 Å². The molecule has 1 aromatic carbocycles. The fourth-order valence-corrected chi connectivity index (χ4v) is 4.34. The van der Waals surface area contributed by atoms with E-state index in [1.54, 1.807) is 29.8 Å². The molecule has 1 unspecified atom stereocenters. The lowest BCUT2D eigenvalue weighted by Crippen LogP contribution is -2.24. The van der Waals surface area contributed by atoms with Crippen molar-refractivity contribution in [3.05, 3.63) is 63.0 Å². The van der Waals surface area contributed by atoms with Crippen LogP contribution in [0.3, 0.4) is 0 Å². The minimum Gasteiger partial charge on any atom is -0.376 e. The molecular formula is C19H17Cl2N3OS. The maximum absolute atomic E-state index is 6.45. The predicted octanol–water partition coefficient (Wildman–Crippen LogP) is 5.33. The Kier molecular flexibility index (Phi) is 5.41. The van der Waals surface area contributed by atoms with Gasteiger partial charge in [0.15, 0.2) is 4.80 Å². The third-order valence-electron chi connectivity index (χ3n) is 4.28. The molecule has 0 aliphatic carbocycles. The standard InChI is InChI=1S/C19H17Cl2N3OS/c20-13-5-6-17(21)16(9-13)18-12-26-19(23-14-3-1-7-22-10-14)24(18)11-15-4-2-8-25-15/h1,3,5-7,9-10,12,15H,2,4,8,11H2. The second-order valence-electron chi connectivity index (χ2n) is 6.10. The molecule has 1 aliphatic rings. The quantitative estimate of drug-likeness (QED) is 0.588. The Morgan fingerprint density at radius 2 is 2.23 bits per heavy atom. The van der Waals surface area contributed by atoms with Gasteiger partial charge in [0.05, 0.1) is 35.2 Å². The van der Waals surface area contributed by atoms with Crippen molar-refractivity contribution in [2.24, 2.45) is 4.99 Å². The van der Waals surface area contributed by atoms with Crippen LogP contribution in [0.2, 0.25) is 10.0 Å². The zero-order chi connectivity index (χ0) is 17.9. The van der Waals surface area contributed by atoms with Gasteiger partial charge in [0, 0.05) is 28.8 Å². The summed E-state index contributed by atoms with van der Waals surface area (Å²) in [5.41, 5.74) is 2.72. The maximum atomic E-state index is 6.45. The first-order valence-corrected chi connectivity index (χ1v) is 10.0. The van der Waals surface area contributed by atoms with E-state index in [4.69, 9.17) is 32.9 Å². The van der Waals surface area contributed by atoms with E-state index >= 15 is 0 Å². The summed E-state index contributed by atoms with van der Waals surface area (Å²) in [6.07, 6.45) is 5.83. The highest BCUT2D eigenvalue weighted by Crippen LogP contribution is 2.31. The molecule has 0 radical (unpaired) electrons. The molecule has 0 bridgehead atoms. The Morgan fingerprint density at radius 1 is 1.31 bits per heavy atom. The number of benzene rings is 1. The topological polar surface area (TPSA) is 39.4 Å². The third kappa shape index (κ3) is 3.86. The van der Waals surface area contributed by atoms with Crippen LogP contribution in [0.25, 0.3) is 11.3 Å². The van der Waals surface area contributed by atoms with Gasteiger partial charge >= 0.3 is 0 Å². The highest BCUT2D eigenvalue weighted by Gasteiger charge is 2.20. The number of hydrogen-bond donors (Lipinski definition) is 0. The van der Waals surface area contributed by atoms with Crippen LogP contribution in [0, 0.1) is 0 Å². The number of hydrogen-bond acceptors (Lipinski definition) is 4. The van der Waals surface area contributed by atoms with Gasteiger partial charge in [-0.25, -0.2) is 4.99 Å². The Hall–Kier alpha value is -1.66. The van der Waals surface area contributed by atoms with Gasteiger partial charge in [-0.05, 0) is 43.2 Å². The summed E-state index contributed by atoms with van der Waals surface area (Å²) < 4.78 is 8.02. The van der Waals surface area contributed by atoms with E-state index in [1.165, 1.54) is 0 Å². The molecule has 0 N–H and O–H groups in total. The number of rotatable bonds is 4. The second-order valence-corrected chi connectivity index (χ2v) is 7.78. The monoisotopic (exact) mass is 405 g/mol. The Labute approximate surface area is 165 Å². The van der Waals surface area contributed by atoms with Gasteiger partial charge in [-0.1, -0.05) is 23.2 Å². The van der Waals surface area contributed by atoms with Crippen molar-refractivity contribution >= 4 is 40.2 Å². The summed E-state index contributed by atoms with van der Waals surface area (Å²) in [5.74, 6) is 0. The number of nitrogens with zero attached hydrogens (tertiary/aromatic N) is 3. The van der Waals surface area contributed by atoms with Crippen LogP contribution in [0.5, 0.6) is 0 Å². The number of ether oxygens (including phenoxy) is 1. The lowest BCUT2D eigenvalue weighted by atomic mass is 10.1. The fraction of sp³-hybridized carbons (Fsp3) is 0.263. The van der Waals surface area contributed by atoms with Crippen LogP contribution in [0.4, 0.5) is 5.69 Å². The first-order chi connectivity index (χ1) is 12.7. The van der Waals surface area contributed by atoms with Gasteiger partial charge in [-0.15, -0.1) is 11.3 Å². The molecule has 2 aromatic heterocycles. The van der Waals surface area contributed by atoms with Crippen LogP contribution in [0.1, 0.15) is 12.8 Å². The number of halogens is 2. The zero-order valence-corrected chi connectivity index (χ0v) is 16.3. The summed E-state index contributed by atoms with van der Waals surface area (Å²) in [6, 6.07) is 9.34. The van der Waals surface area contributed by atoms with Crippen molar-refractivity contribution in [3.63, 3.8) is 0 Å². The van der Waals surface area contributed by atoms with E-state index in [2.05, 4.69) is 14.9 Å². The molecular weight excluding hydrogens is 389 g/mol. The molecule has 1 fully saturated rings. The van der Waals surface area contributed by atoms with E-state index in [9.17, 15) is 0 Å². The first kappa shape index (κ1) is 17.7. The molecule has 4 rings (SSSR count). The van der Waals surface area contributed by atoms with Crippen LogP contribution < -0.4 is 4.80 Å². The normalized spacial score (nSPS) is 17.8. The van der Waals surface area contributed by atoms with Crippen LogP contribution in [-0.2, 0) is 11.3 Å². The molecule has 26 heavy (non-hydrogen) atoms. The summed E-state index contributed by atoms with van der Waals surface area (Å²) in [7, 11) is 0. The molecule has 7 heteroatoms. The van der Waals surface area contributed by atoms with Crippen LogP contribution in [-0.4, -0.2) is 22.3 Å². The highest BCUT2D eigenvalue weighted by atomic mass is 35.5. The zero-order valence-electron chi connectivity index (χ0n) is 13.9. The molecule has 1 atom stereocenters. The maximum Gasteiger partial charge on any atom is 0.190 e. The van der Waals surface area contributed by atoms with Gasteiger partial charge in [-0.2, -0.15) is 0 Å². The van der Waals surface area contributed by atoms with Gasteiger partial charge in [0.2, 0.25) is 0 Å². The van der Waals surface area contributed by atoms with E-state index in [-0.39, 0.29) is 6.10 Å². The lowest BCUT2D eigenvalue weighted by Gasteiger charge is -2.15. The van der Waals surface area contributed by atoms with E-state index in [0.717, 1.165) is 47.7 Å².